The number of pyridine rings is 1. The van der Waals surface area contributed by atoms with Crippen molar-refractivity contribution in [2.24, 2.45) is 0 Å². The molecule has 13 heteroatoms. The van der Waals surface area contributed by atoms with E-state index in [1.807, 2.05) is 18.2 Å². The van der Waals surface area contributed by atoms with E-state index in [4.69, 9.17) is 4.74 Å². The summed E-state index contributed by atoms with van der Waals surface area (Å²) < 4.78 is 5.73. The number of carbonyl (C=O) groups is 1. The Bertz CT molecular complexity index is 1430. The minimum absolute atomic E-state index is 0.0866. The van der Waals surface area contributed by atoms with Gasteiger partial charge in [-0.25, -0.2) is 9.97 Å². The van der Waals surface area contributed by atoms with Gasteiger partial charge in [0.05, 0.1) is 9.85 Å². The number of nitro benzene ring substituents is 1. The quantitative estimate of drug-likeness (QED) is 0.305. The first-order valence-corrected chi connectivity index (χ1v) is 9.68. The molecule has 0 aliphatic heterocycles. The lowest BCUT2D eigenvalue weighted by molar-refractivity contribution is -0.385. The fourth-order valence-corrected chi connectivity index (χ4v) is 3.02. The Morgan fingerprint density at radius 2 is 1.74 bits per heavy atom. The summed E-state index contributed by atoms with van der Waals surface area (Å²) in [5.41, 5.74) is 5.16. The van der Waals surface area contributed by atoms with E-state index >= 15 is 0 Å². The van der Waals surface area contributed by atoms with Gasteiger partial charge in [0.1, 0.15) is 11.8 Å². The molecule has 0 saturated heterocycles. The SMILES string of the molecule is Cc1ccc2cccc(Oc3ncnc(NNC(=O)c4ccc([N+](=O)[O-])cc4)c3[N+](=O)[O-])c2n1. The number of hydrogen-bond acceptors (Lipinski definition) is 10. The van der Waals surface area contributed by atoms with Crippen LogP contribution in [-0.4, -0.2) is 30.7 Å². The minimum Gasteiger partial charge on any atom is -0.431 e. The molecular formula is C21H15N7O6. The molecule has 34 heavy (non-hydrogen) atoms. The summed E-state index contributed by atoms with van der Waals surface area (Å²) in [6.07, 6.45) is 1.03. The third-order valence-electron chi connectivity index (χ3n) is 4.64. The molecule has 13 nitrogen and oxygen atoms in total. The van der Waals surface area contributed by atoms with Gasteiger partial charge in [0.25, 0.3) is 11.6 Å². The van der Waals surface area contributed by atoms with Gasteiger partial charge in [-0.3, -0.25) is 35.9 Å². The van der Waals surface area contributed by atoms with Crippen LogP contribution < -0.4 is 15.6 Å². The summed E-state index contributed by atoms with van der Waals surface area (Å²) in [4.78, 5) is 45.6. The van der Waals surface area contributed by atoms with Crippen LogP contribution in [0, 0.1) is 27.2 Å². The van der Waals surface area contributed by atoms with Gasteiger partial charge in [-0.2, -0.15) is 4.98 Å². The monoisotopic (exact) mass is 461 g/mol. The molecule has 0 radical (unpaired) electrons. The number of ether oxygens (including phenoxy) is 1. The van der Waals surface area contributed by atoms with Crippen molar-refractivity contribution in [3.05, 3.63) is 92.4 Å². The van der Waals surface area contributed by atoms with Crippen molar-refractivity contribution >= 4 is 34.0 Å². The van der Waals surface area contributed by atoms with E-state index in [0.29, 0.717) is 5.52 Å². The maximum atomic E-state index is 12.3. The van der Waals surface area contributed by atoms with Gasteiger partial charge in [0.2, 0.25) is 5.82 Å². The molecule has 0 spiro atoms. The van der Waals surface area contributed by atoms with Gasteiger partial charge in [-0.15, -0.1) is 0 Å². The summed E-state index contributed by atoms with van der Waals surface area (Å²) in [5, 5.41) is 23.3. The summed E-state index contributed by atoms with van der Waals surface area (Å²) >= 11 is 0. The number of non-ortho nitro benzene ring substituents is 1. The number of aromatic nitrogens is 3. The smallest absolute Gasteiger partial charge is 0.374 e. The van der Waals surface area contributed by atoms with E-state index in [9.17, 15) is 25.0 Å². The number of aryl methyl sites for hydroxylation is 1. The number of rotatable bonds is 7. The van der Waals surface area contributed by atoms with Crippen LogP contribution in [0.2, 0.25) is 0 Å². The fraction of sp³-hybridized carbons (Fsp3) is 0.0476. The number of hydrazine groups is 1. The lowest BCUT2D eigenvalue weighted by atomic mass is 10.2. The average molecular weight is 461 g/mol. The van der Waals surface area contributed by atoms with Crippen LogP contribution in [-0.2, 0) is 0 Å². The topological polar surface area (TPSA) is 175 Å². The van der Waals surface area contributed by atoms with Crippen LogP contribution >= 0.6 is 0 Å². The number of anilines is 1. The Morgan fingerprint density at radius 3 is 2.44 bits per heavy atom. The van der Waals surface area contributed by atoms with Crippen LogP contribution in [0.3, 0.4) is 0 Å². The molecule has 0 bridgehead atoms. The zero-order valence-corrected chi connectivity index (χ0v) is 17.5. The number of hydrogen-bond donors (Lipinski definition) is 2. The third kappa shape index (κ3) is 4.52. The van der Waals surface area contributed by atoms with Crippen molar-refractivity contribution < 1.29 is 19.4 Å². The predicted molar refractivity (Wildman–Crippen MR) is 119 cm³/mol. The van der Waals surface area contributed by atoms with Gasteiger partial charge in [-0.05, 0) is 31.2 Å². The summed E-state index contributed by atoms with van der Waals surface area (Å²) in [6.45, 7) is 1.80. The molecule has 170 valence electrons. The second-order valence-corrected chi connectivity index (χ2v) is 6.90. The molecule has 0 aliphatic carbocycles. The first-order chi connectivity index (χ1) is 16.3. The second-order valence-electron chi connectivity index (χ2n) is 6.90. The van der Waals surface area contributed by atoms with Gasteiger partial charge in [0.15, 0.2) is 5.75 Å². The molecule has 0 aliphatic rings. The molecule has 0 fully saturated rings. The maximum Gasteiger partial charge on any atom is 0.374 e. The molecule has 2 N–H and O–H groups in total. The Hall–Kier alpha value is -5.20. The van der Waals surface area contributed by atoms with E-state index in [-0.39, 0.29) is 28.7 Å². The molecule has 1 amide bonds. The first kappa shape index (κ1) is 22.0. The Labute approximate surface area is 190 Å². The molecule has 0 unspecified atom stereocenters. The highest BCUT2D eigenvalue weighted by Gasteiger charge is 2.26. The average Bonchev–Trinajstić information content (AvgIpc) is 2.82. The fourth-order valence-electron chi connectivity index (χ4n) is 3.02. The van der Waals surface area contributed by atoms with Crippen LogP contribution in [0.4, 0.5) is 17.2 Å². The maximum absolute atomic E-state index is 12.3. The molecular weight excluding hydrogens is 446 g/mol. The zero-order chi connectivity index (χ0) is 24.2. The highest BCUT2D eigenvalue weighted by molar-refractivity contribution is 5.95. The van der Waals surface area contributed by atoms with Crippen molar-refractivity contribution in [1.82, 2.24) is 20.4 Å². The lowest BCUT2D eigenvalue weighted by Gasteiger charge is -2.11. The zero-order valence-electron chi connectivity index (χ0n) is 17.5. The number of para-hydroxylation sites is 1. The van der Waals surface area contributed by atoms with Crippen LogP contribution in [0.5, 0.6) is 11.6 Å². The van der Waals surface area contributed by atoms with Gasteiger partial charge >= 0.3 is 11.6 Å². The number of amides is 1. The summed E-state index contributed by atoms with van der Waals surface area (Å²) in [5.74, 6) is -1.12. The van der Waals surface area contributed by atoms with E-state index in [2.05, 4.69) is 25.8 Å². The van der Waals surface area contributed by atoms with Crippen molar-refractivity contribution in [2.45, 2.75) is 6.92 Å². The number of nitro groups is 2. The molecule has 4 rings (SSSR count). The molecule has 2 aromatic carbocycles. The lowest BCUT2D eigenvalue weighted by Crippen LogP contribution is -2.30. The molecule has 0 saturated carbocycles. The Balaban J connectivity index is 1.59. The van der Waals surface area contributed by atoms with Gasteiger partial charge in [-0.1, -0.05) is 18.2 Å². The molecule has 2 heterocycles. The van der Waals surface area contributed by atoms with E-state index in [1.54, 1.807) is 19.1 Å². The Morgan fingerprint density at radius 1 is 0.971 bits per heavy atom. The first-order valence-electron chi connectivity index (χ1n) is 9.68. The number of carbonyl (C=O) groups excluding carboxylic acids is 1. The standard InChI is InChI=1S/C21H15N7O6/c1-12-5-6-13-3-2-4-16(17(13)24-12)34-21-18(28(32)33)19(22-11-23-21)25-26-20(29)14-7-9-15(10-8-14)27(30)31/h2-11H,1H3,(H,26,29)(H,22,23,25). The minimum atomic E-state index is -0.750. The van der Waals surface area contributed by atoms with Crippen molar-refractivity contribution in [3.63, 3.8) is 0 Å². The van der Waals surface area contributed by atoms with Crippen LogP contribution in [0.15, 0.2) is 60.9 Å². The van der Waals surface area contributed by atoms with E-state index in [1.165, 1.54) is 12.1 Å². The largest absolute Gasteiger partial charge is 0.431 e. The van der Waals surface area contributed by atoms with Gasteiger partial charge in [0, 0.05) is 28.8 Å². The van der Waals surface area contributed by atoms with Crippen LogP contribution in [0.1, 0.15) is 16.1 Å². The number of nitrogens with one attached hydrogen (secondary N) is 2. The van der Waals surface area contributed by atoms with Crippen molar-refractivity contribution in [1.29, 1.82) is 0 Å². The molecule has 0 atom stereocenters. The summed E-state index contributed by atoms with van der Waals surface area (Å²) in [7, 11) is 0. The second kappa shape index (κ2) is 9.12. The summed E-state index contributed by atoms with van der Waals surface area (Å²) in [6, 6.07) is 13.6. The number of nitrogens with zero attached hydrogens (tertiary/aromatic N) is 5. The van der Waals surface area contributed by atoms with Crippen molar-refractivity contribution in [3.8, 4) is 11.6 Å². The van der Waals surface area contributed by atoms with Crippen molar-refractivity contribution in [2.75, 3.05) is 5.43 Å². The molecule has 4 aromatic rings. The molecule has 2 aromatic heterocycles. The highest BCUT2D eigenvalue weighted by atomic mass is 16.6. The predicted octanol–water partition coefficient (Wildman–Crippen LogP) is 3.70. The number of benzene rings is 2. The highest BCUT2D eigenvalue weighted by Crippen LogP contribution is 2.36. The van der Waals surface area contributed by atoms with E-state index in [0.717, 1.165) is 29.5 Å². The Kier molecular flexibility index (Phi) is 5.90. The van der Waals surface area contributed by atoms with Gasteiger partial charge < -0.3 is 4.74 Å². The van der Waals surface area contributed by atoms with E-state index < -0.39 is 21.4 Å². The normalized spacial score (nSPS) is 10.5. The number of fused-ring (bicyclic) bond motifs is 1. The van der Waals surface area contributed by atoms with Crippen LogP contribution in [0.25, 0.3) is 10.9 Å². The third-order valence-corrected chi connectivity index (χ3v) is 4.64.